The summed E-state index contributed by atoms with van der Waals surface area (Å²) in [5.74, 6) is 2.34. The molecule has 1 saturated carbocycles. The number of ether oxygens (including phenoxy) is 2. The molecule has 0 saturated heterocycles. The van der Waals surface area contributed by atoms with Crippen LogP contribution in [0, 0.1) is 18.8 Å². The van der Waals surface area contributed by atoms with Gasteiger partial charge in [-0.15, -0.1) is 5.10 Å². The van der Waals surface area contributed by atoms with Gasteiger partial charge in [0, 0.05) is 43.9 Å². The Kier molecular flexibility index (Phi) is 5.67. The first-order chi connectivity index (χ1) is 14.9. The van der Waals surface area contributed by atoms with E-state index < -0.39 is 0 Å². The lowest BCUT2D eigenvalue weighted by Crippen LogP contribution is -2.24. The molecule has 0 radical (unpaired) electrons. The van der Waals surface area contributed by atoms with E-state index in [1.165, 1.54) is 4.68 Å². The number of hydrogen-bond donors (Lipinski definition) is 1. The number of nitrogens with zero attached hydrogens (tertiary/aromatic N) is 5. The number of methoxy groups -OCH3 is 1. The van der Waals surface area contributed by atoms with Crippen molar-refractivity contribution in [3.05, 3.63) is 57.9 Å². The Morgan fingerprint density at radius 1 is 1.23 bits per heavy atom. The molecule has 3 unspecified atom stereocenters. The average Bonchev–Trinajstić information content (AvgIpc) is 3.28. The summed E-state index contributed by atoms with van der Waals surface area (Å²) >= 11 is 0. The SMILES string of the molecule is COc1ccc(C2C(C)C2COc2cc(NCc3nn(C)cc3C)c(=O)n(C)n2)nc1. The van der Waals surface area contributed by atoms with Crippen LogP contribution in [0.1, 0.15) is 29.8 Å². The lowest BCUT2D eigenvalue weighted by molar-refractivity contribution is 0.273. The van der Waals surface area contributed by atoms with Gasteiger partial charge >= 0.3 is 0 Å². The van der Waals surface area contributed by atoms with Gasteiger partial charge in [-0.3, -0.25) is 14.5 Å². The van der Waals surface area contributed by atoms with Crippen LogP contribution >= 0.6 is 0 Å². The number of pyridine rings is 1. The molecule has 3 heterocycles. The van der Waals surface area contributed by atoms with Gasteiger partial charge in [-0.2, -0.15) is 5.10 Å². The van der Waals surface area contributed by atoms with E-state index in [1.807, 2.05) is 32.3 Å². The van der Waals surface area contributed by atoms with Crippen LogP contribution in [0.4, 0.5) is 5.69 Å². The van der Waals surface area contributed by atoms with Crippen LogP contribution in [0.3, 0.4) is 0 Å². The topological polar surface area (TPSA) is 96.1 Å². The smallest absolute Gasteiger partial charge is 0.290 e. The van der Waals surface area contributed by atoms with Crippen molar-refractivity contribution in [2.24, 2.45) is 25.9 Å². The van der Waals surface area contributed by atoms with Crippen molar-refractivity contribution in [3.8, 4) is 11.6 Å². The Hall–Kier alpha value is -3.36. The molecule has 0 amide bonds. The van der Waals surface area contributed by atoms with Crippen molar-refractivity contribution >= 4 is 5.69 Å². The van der Waals surface area contributed by atoms with E-state index in [9.17, 15) is 4.79 Å². The molecule has 9 heteroatoms. The summed E-state index contributed by atoms with van der Waals surface area (Å²) in [7, 11) is 5.13. The molecule has 164 valence electrons. The summed E-state index contributed by atoms with van der Waals surface area (Å²) in [5.41, 5.74) is 3.24. The zero-order chi connectivity index (χ0) is 22.1. The van der Waals surface area contributed by atoms with Gasteiger partial charge in [0.1, 0.15) is 11.4 Å². The molecule has 31 heavy (non-hydrogen) atoms. The molecular formula is C22H28N6O3. The van der Waals surface area contributed by atoms with Crippen LogP contribution in [0.15, 0.2) is 35.4 Å². The molecule has 3 atom stereocenters. The summed E-state index contributed by atoms with van der Waals surface area (Å²) < 4.78 is 14.2. The van der Waals surface area contributed by atoms with Gasteiger partial charge in [-0.05, 0) is 30.5 Å². The largest absolute Gasteiger partial charge is 0.495 e. The number of nitrogens with one attached hydrogen (secondary N) is 1. The van der Waals surface area contributed by atoms with E-state index in [0.717, 1.165) is 22.7 Å². The number of aryl methyl sites for hydroxylation is 3. The summed E-state index contributed by atoms with van der Waals surface area (Å²) in [6, 6.07) is 5.60. The highest BCUT2D eigenvalue weighted by Gasteiger charge is 2.49. The molecule has 1 aliphatic carbocycles. The van der Waals surface area contributed by atoms with E-state index in [4.69, 9.17) is 9.47 Å². The second kappa shape index (κ2) is 8.41. The number of hydrogen-bond acceptors (Lipinski definition) is 7. The highest BCUT2D eigenvalue weighted by molar-refractivity contribution is 5.44. The number of anilines is 1. The lowest BCUT2D eigenvalue weighted by Gasteiger charge is -2.10. The van der Waals surface area contributed by atoms with Gasteiger partial charge in [-0.1, -0.05) is 6.92 Å². The maximum absolute atomic E-state index is 12.5. The predicted octanol–water partition coefficient (Wildman–Crippen LogP) is 2.27. The average molecular weight is 425 g/mol. The molecule has 4 rings (SSSR count). The van der Waals surface area contributed by atoms with Crippen LogP contribution in [-0.2, 0) is 20.6 Å². The maximum Gasteiger partial charge on any atom is 0.290 e. The van der Waals surface area contributed by atoms with Crippen LogP contribution in [0.2, 0.25) is 0 Å². The summed E-state index contributed by atoms with van der Waals surface area (Å²) in [6.45, 7) is 5.16. The minimum Gasteiger partial charge on any atom is -0.495 e. The van der Waals surface area contributed by atoms with Crippen molar-refractivity contribution in [3.63, 3.8) is 0 Å². The summed E-state index contributed by atoms with van der Waals surface area (Å²) in [6.07, 6.45) is 3.69. The number of rotatable bonds is 8. The van der Waals surface area contributed by atoms with Gasteiger partial charge in [0.05, 0.1) is 32.2 Å². The van der Waals surface area contributed by atoms with Crippen LogP contribution in [0.5, 0.6) is 11.6 Å². The second-order valence-corrected chi connectivity index (χ2v) is 8.09. The molecule has 0 bridgehead atoms. The predicted molar refractivity (Wildman–Crippen MR) is 116 cm³/mol. The molecule has 1 N–H and O–H groups in total. The van der Waals surface area contributed by atoms with E-state index in [-0.39, 0.29) is 5.56 Å². The fourth-order valence-corrected chi connectivity index (χ4v) is 3.97. The maximum atomic E-state index is 12.5. The van der Waals surface area contributed by atoms with Gasteiger partial charge in [0.25, 0.3) is 5.56 Å². The Bertz CT molecular complexity index is 1120. The third-order valence-electron chi connectivity index (χ3n) is 5.92. The van der Waals surface area contributed by atoms with E-state index in [1.54, 1.807) is 31.1 Å². The van der Waals surface area contributed by atoms with Crippen molar-refractivity contribution in [2.45, 2.75) is 26.3 Å². The zero-order valence-corrected chi connectivity index (χ0v) is 18.5. The molecule has 0 aliphatic heterocycles. The summed E-state index contributed by atoms with van der Waals surface area (Å²) in [5, 5.41) is 11.8. The molecule has 3 aromatic rings. The minimum absolute atomic E-state index is 0.207. The molecule has 0 spiro atoms. The minimum atomic E-state index is -0.207. The first kappa shape index (κ1) is 20.9. The van der Waals surface area contributed by atoms with Crippen molar-refractivity contribution in [1.29, 1.82) is 0 Å². The van der Waals surface area contributed by atoms with Crippen LogP contribution in [0.25, 0.3) is 0 Å². The highest BCUT2D eigenvalue weighted by Crippen LogP contribution is 2.53. The molecule has 1 aliphatic rings. The normalized spacial score (nSPS) is 19.8. The number of aromatic nitrogens is 5. The Morgan fingerprint density at radius 3 is 2.68 bits per heavy atom. The van der Waals surface area contributed by atoms with Gasteiger partial charge in [0.2, 0.25) is 5.88 Å². The van der Waals surface area contributed by atoms with E-state index >= 15 is 0 Å². The fourth-order valence-electron chi connectivity index (χ4n) is 3.97. The third kappa shape index (κ3) is 4.40. The first-order valence-corrected chi connectivity index (χ1v) is 10.3. The standard InChI is InChI=1S/C22H28N6O3/c1-13-11-27(3)25-19(13)10-24-18-8-20(26-28(4)22(18)29)31-12-16-14(2)21(16)17-7-6-15(30-5)9-23-17/h6-9,11,14,16,21,24H,10,12H2,1-5H3. The second-order valence-electron chi connectivity index (χ2n) is 8.09. The first-order valence-electron chi connectivity index (χ1n) is 10.3. The van der Waals surface area contributed by atoms with Crippen molar-refractivity contribution in [1.82, 2.24) is 24.5 Å². The molecule has 9 nitrogen and oxygen atoms in total. The van der Waals surface area contributed by atoms with Gasteiger partial charge < -0.3 is 14.8 Å². The Morgan fingerprint density at radius 2 is 2.03 bits per heavy atom. The third-order valence-corrected chi connectivity index (χ3v) is 5.92. The lowest BCUT2D eigenvalue weighted by atomic mass is 10.2. The van der Waals surface area contributed by atoms with Crippen molar-refractivity contribution < 1.29 is 9.47 Å². The monoisotopic (exact) mass is 424 g/mol. The van der Waals surface area contributed by atoms with Gasteiger partial charge in [-0.25, -0.2) is 4.68 Å². The molecule has 3 aromatic heterocycles. The van der Waals surface area contributed by atoms with Gasteiger partial charge in [0.15, 0.2) is 0 Å². The Labute approximate surface area is 181 Å². The van der Waals surface area contributed by atoms with Crippen LogP contribution in [-0.4, -0.2) is 38.3 Å². The zero-order valence-electron chi connectivity index (χ0n) is 18.5. The summed E-state index contributed by atoms with van der Waals surface area (Å²) in [4.78, 5) is 17.0. The highest BCUT2D eigenvalue weighted by atomic mass is 16.5. The molecular weight excluding hydrogens is 396 g/mol. The van der Waals surface area contributed by atoms with Crippen LogP contribution < -0.4 is 20.3 Å². The fraction of sp³-hybridized carbons (Fsp3) is 0.455. The Balaban J connectivity index is 1.40. The molecule has 1 fully saturated rings. The van der Waals surface area contributed by atoms with Crippen molar-refractivity contribution in [2.75, 3.05) is 19.0 Å². The van der Waals surface area contributed by atoms with E-state index in [0.29, 0.717) is 42.5 Å². The quantitative estimate of drug-likeness (QED) is 0.592. The molecule has 0 aromatic carbocycles. The van der Waals surface area contributed by atoms with E-state index in [2.05, 4.69) is 27.4 Å².